The fourth-order valence-electron chi connectivity index (χ4n) is 2.83. The maximum atomic E-state index is 12.6. The van der Waals surface area contributed by atoms with Gasteiger partial charge in [-0.05, 0) is 43.0 Å². The Bertz CT molecular complexity index is 758. The lowest BCUT2D eigenvalue weighted by atomic mass is 10.1. The van der Waals surface area contributed by atoms with E-state index in [-0.39, 0.29) is 30.8 Å². The second-order valence-electron chi connectivity index (χ2n) is 6.26. The number of thiophene rings is 1. The van der Waals surface area contributed by atoms with Gasteiger partial charge in [-0.2, -0.15) is 0 Å². The number of nitrogens with one attached hydrogen (secondary N) is 1. The van der Waals surface area contributed by atoms with Gasteiger partial charge in [-0.1, -0.05) is 12.1 Å². The van der Waals surface area contributed by atoms with Crippen LogP contribution in [0.15, 0.2) is 35.7 Å². The Morgan fingerprint density at radius 1 is 1.32 bits per heavy atom. The summed E-state index contributed by atoms with van der Waals surface area (Å²) in [6, 6.07) is 9.75. The molecule has 2 amide bonds. The van der Waals surface area contributed by atoms with Gasteiger partial charge < -0.3 is 15.0 Å². The molecule has 2 heterocycles. The van der Waals surface area contributed by atoms with Crippen LogP contribution >= 0.6 is 11.3 Å². The van der Waals surface area contributed by atoms with Gasteiger partial charge >= 0.3 is 0 Å². The highest BCUT2D eigenvalue weighted by Gasteiger charge is 2.27. The number of hydrogen-bond acceptors (Lipinski definition) is 4. The summed E-state index contributed by atoms with van der Waals surface area (Å²) in [6.45, 7) is 4.95. The summed E-state index contributed by atoms with van der Waals surface area (Å²) < 4.78 is 5.80. The molecule has 1 aromatic heterocycles. The molecule has 0 bridgehead atoms. The van der Waals surface area contributed by atoms with Crippen molar-refractivity contribution in [2.45, 2.75) is 39.3 Å². The van der Waals surface area contributed by atoms with E-state index in [1.807, 2.05) is 49.6 Å². The lowest BCUT2D eigenvalue weighted by Crippen LogP contribution is -2.42. The Morgan fingerprint density at radius 2 is 2.16 bits per heavy atom. The van der Waals surface area contributed by atoms with Gasteiger partial charge in [-0.15, -0.1) is 11.3 Å². The van der Waals surface area contributed by atoms with E-state index in [0.717, 1.165) is 21.9 Å². The minimum atomic E-state index is -0.104. The van der Waals surface area contributed by atoms with Gasteiger partial charge in [0.1, 0.15) is 11.9 Å². The predicted octanol–water partition coefficient (Wildman–Crippen LogP) is 3.27. The zero-order valence-electron chi connectivity index (χ0n) is 14.5. The van der Waals surface area contributed by atoms with Gasteiger partial charge in [-0.25, -0.2) is 0 Å². The van der Waals surface area contributed by atoms with Crippen LogP contribution in [-0.4, -0.2) is 24.5 Å². The molecule has 5 nitrogen and oxygen atoms in total. The Morgan fingerprint density at radius 3 is 2.92 bits per heavy atom. The van der Waals surface area contributed by atoms with E-state index in [9.17, 15) is 9.59 Å². The third kappa shape index (κ3) is 4.39. The first-order chi connectivity index (χ1) is 12.0. The molecule has 0 fully saturated rings. The van der Waals surface area contributed by atoms with E-state index in [0.29, 0.717) is 13.1 Å². The number of carbonyl (C=O) groups is 2. The van der Waals surface area contributed by atoms with Crippen LogP contribution in [0.1, 0.15) is 30.2 Å². The number of nitrogens with zero attached hydrogens (tertiary/aromatic N) is 1. The zero-order valence-corrected chi connectivity index (χ0v) is 15.3. The highest BCUT2D eigenvalue weighted by atomic mass is 32.1. The first-order valence-electron chi connectivity index (χ1n) is 8.39. The first kappa shape index (κ1) is 17.5. The van der Waals surface area contributed by atoms with E-state index in [1.54, 1.807) is 16.2 Å². The predicted molar refractivity (Wildman–Crippen MR) is 99.0 cm³/mol. The number of carbonyl (C=O) groups excluding carboxylic acids is 2. The fourth-order valence-corrected chi connectivity index (χ4v) is 3.47. The fraction of sp³-hybridized carbons (Fsp3) is 0.368. The number of amides is 2. The number of benzene rings is 1. The molecule has 0 radical (unpaired) electrons. The van der Waals surface area contributed by atoms with Crippen LogP contribution in [0.4, 0.5) is 5.69 Å². The van der Waals surface area contributed by atoms with Crippen LogP contribution < -0.4 is 15.0 Å². The van der Waals surface area contributed by atoms with Crippen LogP contribution in [0.5, 0.6) is 5.75 Å². The molecular formula is C19H22N2O3S. The highest BCUT2D eigenvalue weighted by molar-refractivity contribution is 7.09. The number of anilines is 1. The first-order valence-corrected chi connectivity index (χ1v) is 9.27. The molecule has 1 aromatic carbocycles. The highest BCUT2D eigenvalue weighted by Crippen LogP contribution is 2.34. The summed E-state index contributed by atoms with van der Waals surface area (Å²) in [5.41, 5.74) is 1.87. The van der Waals surface area contributed by atoms with Crippen LogP contribution in [0.2, 0.25) is 0 Å². The molecule has 0 spiro atoms. The summed E-state index contributed by atoms with van der Waals surface area (Å²) in [7, 11) is 0. The van der Waals surface area contributed by atoms with E-state index in [4.69, 9.17) is 4.74 Å². The van der Waals surface area contributed by atoms with Gasteiger partial charge in [0.15, 0.2) is 0 Å². The van der Waals surface area contributed by atoms with Crippen LogP contribution in [-0.2, 0) is 16.1 Å². The average Bonchev–Trinajstić information content (AvgIpc) is 3.11. The quantitative estimate of drug-likeness (QED) is 0.892. The Kier molecular flexibility index (Phi) is 5.38. The van der Waals surface area contributed by atoms with E-state index in [2.05, 4.69) is 5.32 Å². The number of fused-ring (bicyclic) bond motifs is 1. The maximum Gasteiger partial charge on any atom is 0.227 e. The third-order valence-corrected chi connectivity index (χ3v) is 4.96. The second kappa shape index (κ2) is 7.70. The topological polar surface area (TPSA) is 58.6 Å². The summed E-state index contributed by atoms with van der Waals surface area (Å²) in [5, 5.41) is 4.83. The van der Waals surface area contributed by atoms with Crippen molar-refractivity contribution in [2.75, 3.05) is 11.4 Å². The zero-order chi connectivity index (χ0) is 17.8. The van der Waals surface area contributed by atoms with E-state index >= 15 is 0 Å². The molecule has 1 atom stereocenters. The van der Waals surface area contributed by atoms with Crippen molar-refractivity contribution >= 4 is 28.8 Å². The standard InChI is InChI=1S/C19H22N2O3S/c1-13-5-6-17-16(10-13)21(12-14(2)24-17)19(23)8-7-18(22)20-11-15-4-3-9-25-15/h3-6,9-10,14H,7-8,11-12H2,1-2H3,(H,20,22)/t14-/m0/s1. The van der Waals surface area contributed by atoms with Crippen molar-refractivity contribution in [1.82, 2.24) is 5.32 Å². The molecule has 2 aromatic rings. The van der Waals surface area contributed by atoms with Crippen molar-refractivity contribution in [2.24, 2.45) is 0 Å². The number of aryl methyl sites for hydroxylation is 1. The van der Waals surface area contributed by atoms with Crippen molar-refractivity contribution < 1.29 is 14.3 Å². The molecule has 0 aliphatic carbocycles. The monoisotopic (exact) mass is 358 g/mol. The van der Waals surface area contributed by atoms with Gasteiger partial charge in [0.2, 0.25) is 11.8 Å². The number of ether oxygens (including phenoxy) is 1. The number of rotatable bonds is 5. The second-order valence-corrected chi connectivity index (χ2v) is 7.29. The molecule has 0 unspecified atom stereocenters. The van der Waals surface area contributed by atoms with Crippen LogP contribution in [0, 0.1) is 6.92 Å². The average molecular weight is 358 g/mol. The van der Waals surface area contributed by atoms with E-state index in [1.165, 1.54) is 0 Å². The number of hydrogen-bond donors (Lipinski definition) is 1. The summed E-state index contributed by atoms with van der Waals surface area (Å²) in [4.78, 5) is 27.5. The minimum absolute atomic E-state index is 0.0479. The van der Waals surface area contributed by atoms with Crippen LogP contribution in [0.25, 0.3) is 0 Å². The normalized spacial score (nSPS) is 16.1. The molecule has 1 N–H and O–H groups in total. The lowest BCUT2D eigenvalue weighted by molar-refractivity contribution is -0.125. The van der Waals surface area contributed by atoms with E-state index < -0.39 is 0 Å². The smallest absolute Gasteiger partial charge is 0.227 e. The van der Waals surface area contributed by atoms with Gasteiger partial charge in [0.05, 0.1) is 18.8 Å². The van der Waals surface area contributed by atoms with Crippen molar-refractivity contribution in [3.63, 3.8) is 0 Å². The lowest BCUT2D eigenvalue weighted by Gasteiger charge is -2.33. The van der Waals surface area contributed by atoms with Crippen LogP contribution in [0.3, 0.4) is 0 Å². The summed E-state index contributed by atoms with van der Waals surface area (Å²) >= 11 is 1.60. The molecule has 1 aliphatic rings. The Balaban J connectivity index is 1.58. The summed E-state index contributed by atoms with van der Waals surface area (Å²) in [6.07, 6.45) is 0.319. The molecule has 0 saturated heterocycles. The molecule has 3 rings (SSSR count). The van der Waals surface area contributed by atoms with Gasteiger partial charge in [0.25, 0.3) is 0 Å². The summed E-state index contributed by atoms with van der Waals surface area (Å²) in [5.74, 6) is 0.570. The molecule has 0 saturated carbocycles. The molecule has 6 heteroatoms. The third-order valence-electron chi connectivity index (χ3n) is 4.08. The largest absolute Gasteiger partial charge is 0.487 e. The van der Waals surface area contributed by atoms with Gasteiger partial charge in [-0.3, -0.25) is 9.59 Å². The Labute approximate surface area is 151 Å². The maximum absolute atomic E-state index is 12.6. The van der Waals surface area contributed by atoms with Crippen molar-refractivity contribution in [3.05, 3.63) is 46.2 Å². The minimum Gasteiger partial charge on any atom is -0.487 e. The van der Waals surface area contributed by atoms with Gasteiger partial charge in [0, 0.05) is 17.7 Å². The molecule has 132 valence electrons. The Hall–Kier alpha value is -2.34. The van der Waals surface area contributed by atoms with Crippen molar-refractivity contribution in [3.8, 4) is 5.75 Å². The molecule has 1 aliphatic heterocycles. The SMILES string of the molecule is Cc1ccc2c(c1)N(C(=O)CCC(=O)NCc1cccs1)C[C@H](C)O2. The van der Waals surface area contributed by atoms with Crippen molar-refractivity contribution in [1.29, 1.82) is 0 Å². The molecular weight excluding hydrogens is 336 g/mol. The molecule has 25 heavy (non-hydrogen) atoms.